The van der Waals surface area contributed by atoms with Crippen molar-refractivity contribution >= 4 is 0 Å². The number of allylic oxidation sites excluding steroid dienone is 5. The first-order chi connectivity index (χ1) is 6.09. The minimum absolute atomic E-state index is 0.835. The predicted octanol–water partition coefficient (Wildman–Crippen LogP) is 4.26. The SMILES string of the molecule is C=C1CCC(C)C/C1=C/C=C(C)C. The Morgan fingerprint density at radius 2 is 2.15 bits per heavy atom. The smallest absolute Gasteiger partial charge is 0.0250 e. The zero-order valence-electron chi connectivity index (χ0n) is 9.06. The predicted molar refractivity (Wildman–Crippen MR) is 59.7 cm³/mol. The maximum absolute atomic E-state index is 4.11. The fourth-order valence-electron chi connectivity index (χ4n) is 1.66. The zero-order chi connectivity index (χ0) is 9.84. The van der Waals surface area contributed by atoms with Crippen molar-refractivity contribution in [1.82, 2.24) is 0 Å². The van der Waals surface area contributed by atoms with Crippen molar-refractivity contribution in [1.29, 1.82) is 0 Å². The van der Waals surface area contributed by atoms with E-state index in [0.717, 1.165) is 5.92 Å². The van der Waals surface area contributed by atoms with Gasteiger partial charge in [-0.05, 0) is 44.6 Å². The topological polar surface area (TPSA) is 0 Å². The van der Waals surface area contributed by atoms with E-state index in [4.69, 9.17) is 0 Å². The normalized spacial score (nSPS) is 26.2. The Balaban J connectivity index is 2.71. The van der Waals surface area contributed by atoms with E-state index >= 15 is 0 Å². The van der Waals surface area contributed by atoms with Crippen LogP contribution in [0, 0.1) is 5.92 Å². The lowest BCUT2D eigenvalue weighted by Crippen LogP contribution is -2.06. The molecule has 1 saturated carbocycles. The molecule has 0 N–H and O–H groups in total. The Labute approximate surface area is 82.0 Å². The molecule has 13 heavy (non-hydrogen) atoms. The standard InChI is InChI=1S/C13H20/c1-10(2)5-8-13-9-11(3)6-7-12(13)4/h5,8,11H,4,6-7,9H2,1-3H3/b13-8-. The van der Waals surface area contributed by atoms with Gasteiger partial charge in [-0.2, -0.15) is 0 Å². The quantitative estimate of drug-likeness (QED) is 0.560. The van der Waals surface area contributed by atoms with Crippen LogP contribution in [0.3, 0.4) is 0 Å². The third-order valence-corrected chi connectivity index (χ3v) is 2.58. The van der Waals surface area contributed by atoms with Crippen LogP contribution in [-0.2, 0) is 0 Å². The monoisotopic (exact) mass is 176 g/mol. The van der Waals surface area contributed by atoms with Gasteiger partial charge in [0.15, 0.2) is 0 Å². The Hall–Kier alpha value is -0.780. The first-order valence-electron chi connectivity index (χ1n) is 5.12. The van der Waals surface area contributed by atoms with Gasteiger partial charge in [0.05, 0.1) is 0 Å². The van der Waals surface area contributed by atoms with Gasteiger partial charge in [-0.1, -0.05) is 36.8 Å². The van der Waals surface area contributed by atoms with Crippen LogP contribution in [-0.4, -0.2) is 0 Å². The molecule has 0 radical (unpaired) electrons. The second kappa shape index (κ2) is 4.45. The molecule has 0 aromatic rings. The molecule has 0 amide bonds. The van der Waals surface area contributed by atoms with Gasteiger partial charge in [0.1, 0.15) is 0 Å². The largest absolute Gasteiger partial charge is 0.0956 e. The van der Waals surface area contributed by atoms with Crippen molar-refractivity contribution in [3.8, 4) is 0 Å². The molecule has 1 rings (SSSR count). The molecule has 0 heteroatoms. The average molecular weight is 176 g/mol. The van der Waals surface area contributed by atoms with Gasteiger partial charge < -0.3 is 0 Å². The second-order valence-electron chi connectivity index (χ2n) is 4.39. The van der Waals surface area contributed by atoms with E-state index in [-0.39, 0.29) is 0 Å². The Morgan fingerprint density at radius 3 is 2.77 bits per heavy atom. The molecule has 1 fully saturated rings. The number of hydrogen-bond donors (Lipinski definition) is 0. The molecule has 0 spiro atoms. The van der Waals surface area contributed by atoms with Crippen molar-refractivity contribution in [2.24, 2.45) is 5.92 Å². The second-order valence-corrected chi connectivity index (χ2v) is 4.39. The van der Waals surface area contributed by atoms with Crippen molar-refractivity contribution in [2.75, 3.05) is 0 Å². The van der Waals surface area contributed by atoms with Gasteiger partial charge in [0, 0.05) is 0 Å². The lowest BCUT2D eigenvalue weighted by atomic mass is 9.83. The maximum atomic E-state index is 4.11. The van der Waals surface area contributed by atoms with E-state index in [1.807, 2.05) is 0 Å². The van der Waals surface area contributed by atoms with Gasteiger partial charge in [-0.3, -0.25) is 0 Å². The highest BCUT2D eigenvalue weighted by Crippen LogP contribution is 2.31. The van der Waals surface area contributed by atoms with E-state index < -0.39 is 0 Å². The number of rotatable bonds is 1. The molecule has 1 aliphatic rings. The van der Waals surface area contributed by atoms with Gasteiger partial charge in [-0.15, -0.1) is 0 Å². The van der Waals surface area contributed by atoms with Gasteiger partial charge in [0.2, 0.25) is 0 Å². The van der Waals surface area contributed by atoms with E-state index in [1.165, 1.54) is 36.0 Å². The van der Waals surface area contributed by atoms with Gasteiger partial charge in [0.25, 0.3) is 0 Å². The highest BCUT2D eigenvalue weighted by atomic mass is 14.2. The van der Waals surface area contributed by atoms with Crippen LogP contribution in [0.15, 0.2) is 35.5 Å². The van der Waals surface area contributed by atoms with E-state index in [2.05, 4.69) is 39.5 Å². The Bertz CT molecular complexity index is 249. The fourth-order valence-corrected chi connectivity index (χ4v) is 1.66. The summed E-state index contributed by atoms with van der Waals surface area (Å²) in [5.74, 6) is 0.835. The summed E-state index contributed by atoms with van der Waals surface area (Å²) in [4.78, 5) is 0. The summed E-state index contributed by atoms with van der Waals surface area (Å²) < 4.78 is 0. The van der Waals surface area contributed by atoms with E-state index in [0.29, 0.717) is 0 Å². The third kappa shape index (κ3) is 3.22. The molecular weight excluding hydrogens is 156 g/mol. The van der Waals surface area contributed by atoms with Crippen LogP contribution in [0.1, 0.15) is 40.0 Å². The molecule has 72 valence electrons. The molecule has 0 aromatic carbocycles. The molecule has 1 atom stereocenters. The lowest BCUT2D eigenvalue weighted by molar-refractivity contribution is 0.498. The zero-order valence-corrected chi connectivity index (χ0v) is 9.06. The summed E-state index contributed by atoms with van der Waals surface area (Å²) in [6.07, 6.45) is 8.14. The van der Waals surface area contributed by atoms with E-state index in [9.17, 15) is 0 Å². The number of hydrogen-bond acceptors (Lipinski definition) is 0. The van der Waals surface area contributed by atoms with Crippen LogP contribution < -0.4 is 0 Å². The molecule has 0 saturated heterocycles. The minimum atomic E-state index is 0.835. The minimum Gasteiger partial charge on any atom is -0.0956 e. The van der Waals surface area contributed by atoms with Crippen LogP contribution >= 0.6 is 0 Å². The first-order valence-corrected chi connectivity index (χ1v) is 5.12. The van der Waals surface area contributed by atoms with Crippen LogP contribution in [0.2, 0.25) is 0 Å². The van der Waals surface area contributed by atoms with Crippen LogP contribution in [0.25, 0.3) is 0 Å². The molecule has 0 bridgehead atoms. The summed E-state index contributed by atoms with van der Waals surface area (Å²) in [5.41, 5.74) is 4.16. The molecule has 0 aliphatic heterocycles. The van der Waals surface area contributed by atoms with Crippen LogP contribution in [0.4, 0.5) is 0 Å². The molecular formula is C13H20. The summed E-state index contributed by atoms with van der Waals surface area (Å²) >= 11 is 0. The maximum Gasteiger partial charge on any atom is -0.0250 e. The van der Waals surface area contributed by atoms with Crippen LogP contribution in [0.5, 0.6) is 0 Å². The third-order valence-electron chi connectivity index (χ3n) is 2.58. The van der Waals surface area contributed by atoms with Crippen molar-refractivity contribution in [3.05, 3.63) is 35.5 Å². The van der Waals surface area contributed by atoms with Gasteiger partial charge in [-0.25, -0.2) is 0 Å². The Morgan fingerprint density at radius 1 is 1.46 bits per heavy atom. The van der Waals surface area contributed by atoms with E-state index in [1.54, 1.807) is 0 Å². The summed E-state index contributed by atoms with van der Waals surface area (Å²) in [6, 6.07) is 0. The molecule has 1 unspecified atom stereocenters. The highest BCUT2D eigenvalue weighted by molar-refractivity contribution is 5.34. The van der Waals surface area contributed by atoms with Crippen molar-refractivity contribution in [3.63, 3.8) is 0 Å². The summed E-state index contributed by atoms with van der Waals surface area (Å²) in [7, 11) is 0. The fraction of sp³-hybridized carbons (Fsp3) is 0.538. The molecule has 1 aliphatic carbocycles. The van der Waals surface area contributed by atoms with Gasteiger partial charge >= 0.3 is 0 Å². The molecule has 0 heterocycles. The molecule has 0 aromatic heterocycles. The highest BCUT2D eigenvalue weighted by Gasteiger charge is 2.14. The Kier molecular flexibility index (Phi) is 3.53. The lowest BCUT2D eigenvalue weighted by Gasteiger charge is -2.22. The first kappa shape index (κ1) is 10.3. The summed E-state index contributed by atoms with van der Waals surface area (Å²) in [6.45, 7) is 10.7. The summed E-state index contributed by atoms with van der Waals surface area (Å²) in [5, 5.41) is 0. The van der Waals surface area contributed by atoms with Crippen molar-refractivity contribution < 1.29 is 0 Å². The average Bonchev–Trinajstić information content (AvgIpc) is 2.06. The van der Waals surface area contributed by atoms with Crippen molar-refractivity contribution in [2.45, 2.75) is 40.0 Å². The molecule has 0 nitrogen and oxygen atoms in total.